The maximum atomic E-state index is 13.3. The molecule has 170 valence electrons. The Kier molecular flexibility index (Phi) is 5.95. The average Bonchev–Trinajstić information content (AvgIpc) is 3.29. The van der Waals surface area contributed by atoms with E-state index < -0.39 is 0 Å². The zero-order valence-electron chi connectivity index (χ0n) is 19.0. The molecule has 8 heteroatoms. The van der Waals surface area contributed by atoms with Gasteiger partial charge in [0.2, 0.25) is 0 Å². The number of likely N-dealkylation sites (tertiary alicyclic amines) is 1. The molecule has 1 saturated heterocycles. The van der Waals surface area contributed by atoms with E-state index in [1.165, 1.54) is 25.7 Å². The lowest BCUT2D eigenvalue weighted by Gasteiger charge is -2.37. The van der Waals surface area contributed by atoms with Crippen molar-refractivity contribution in [2.45, 2.75) is 64.0 Å². The predicted octanol–water partition coefficient (Wildman–Crippen LogP) is 3.85. The molecular formula is C24H32N6O2. The van der Waals surface area contributed by atoms with E-state index in [2.05, 4.69) is 32.3 Å². The molecule has 0 bridgehead atoms. The van der Waals surface area contributed by atoms with Gasteiger partial charge in [0.25, 0.3) is 5.56 Å². The summed E-state index contributed by atoms with van der Waals surface area (Å²) in [6.45, 7) is 4.14. The molecule has 3 aromatic rings. The second-order valence-electron chi connectivity index (χ2n) is 9.43. The van der Waals surface area contributed by atoms with Crippen molar-refractivity contribution in [3.8, 4) is 5.75 Å². The number of aromatic nitrogens is 5. The summed E-state index contributed by atoms with van der Waals surface area (Å²) in [5.41, 5.74) is 1.42. The van der Waals surface area contributed by atoms with Gasteiger partial charge in [-0.3, -0.25) is 9.69 Å². The molecule has 2 atom stereocenters. The fraction of sp³-hybridized carbons (Fsp3) is 0.583. The van der Waals surface area contributed by atoms with Crippen LogP contribution in [0.25, 0.3) is 10.9 Å². The van der Waals surface area contributed by atoms with Crippen LogP contribution >= 0.6 is 0 Å². The lowest BCUT2D eigenvalue weighted by atomic mass is 9.93. The van der Waals surface area contributed by atoms with Crippen LogP contribution in [0.5, 0.6) is 5.75 Å². The van der Waals surface area contributed by atoms with Crippen LogP contribution in [0.2, 0.25) is 0 Å². The van der Waals surface area contributed by atoms with Crippen LogP contribution in [0.15, 0.2) is 29.1 Å². The van der Waals surface area contributed by atoms with Gasteiger partial charge < -0.3 is 9.72 Å². The Balaban J connectivity index is 1.64. The van der Waals surface area contributed by atoms with Crippen LogP contribution in [0, 0.1) is 5.92 Å². The molecule has 5 rings (SSSR count). The first-order valence-electron chi connectivity index (χ1n) is 11.9. The number of H-pyrrole nitrogens is 1. The van der Waals surface area contributed by atoms with Crippen molar-refractivity contribution in [1.82, 2.24) is 30.1 Å². The Morgan fingerprint density at radius 2 is 1.97 bits per heavy atom. The Labute approximate surface area is 188 Å². The van der Waals surface area contributed by atoms with Crippen molar-refractivity contribution in [3.05, 3.63) is 46.0 Å². The minimum absolute atomic E-state index is 0.0795. The summed E-state index contributed by atoms with van der Waals surface area (Å²) in [5, 5.41) is 14.0. The Morgan fingerprint density at radius 3 is 2.75 bits per heavy atom. The van der Waals surface area contributed by atoms with Crippen molar-refractivity contribution in [2.24, 2.45) is 5.92 Å². The number of rotatable bonds is 5. The van der Waals surface area contributed by atoms with Gasteiger partial charge in [-0.05, 0) is 72.8 Å². The van der Waals surface area contributed by atoms with Gasteiger partial charge in [-0.1, -0.05) is 26.2 Å². The summed E-state index contributed by atoms with van der Waals surface area (Å²) in [4.78, 5) is 18.8. The van der Waals surface area contributed by atoms with E-state index in [1.54, 1.807) is 7.11 Å². The Morgan fingerprint density at radius 1 is 1.12 bits per heavy atom. The number of pyridine rings is 1. The quantitative estimate of drug-likeness (QED) is 0.654. The van der Waals surface area contributed by atoms with Gasteiger partial charge >= 0.3 is 0 Å². The van der Waals surface area contributed by atoms with Gasteiger partial charge in [0.1, 0.15) is 11.8 Å². The Bertz CT molecular complexity index is 1130. The second kappa shape index (κ2) is 9.02. The number of ether oxygens (including phenoxy) is 1. The summed E-state index contributed by atoms with van der Waals surface area (Å²) in [7, 11) is 1.66. The van der Waals surface area contributed by atoms with E-state index in [-0.39, 0.29) is 11.6 Å². The number of nitrogens with zero attached hydrogens (tertiary/aromatic N) is 5. The third-order valence-electron chi connectivity index (χ3n) is 7.11. The number of hydrogen-bond donors (Lipinski definition) is 1. The third-order valence-corrected chi connectivity index (χ3v) is 7.11. The molecule has 1 aliphatic carbocycles. The van der Waals surface area contributed by atoms with E-state index in [4.69, 9.17) is 4.74 Å². The number of fused-ring (bicyclic) bond motifs is 1. The molecule has 1 N–H and O–H groups in total. The van der Waals surface area contributed by atoms with E-state index in [9.17, 15) is 4.79 Å². The number of benzene rings is 1. The van der Waals surface area contributed by atoms with Crippen LogP contribution in [-0.2, 0) is 0 Å². The molecule has 2 aromatic heterocycles. The first-order chi connectivity index (χ1) is 15.6. The molecule has 3 heterocycles. The van der Waals surface area contributed by atoms with Crippen LogP contribution in [0.4, 0.5) is 0 Å². The van der Waals surface area contributed by atoms with Crippen LogP contribution in [-0.4, -0.2) is 50.3 Å². The summed E-state index contributed by atoms with van der Waals surface area (Å²) in [6.07, 6.45) is 8.17. The summed E-state index contributed by atoms with van der Waals surface area (Å²) >= 11 is 0. The lowest BCUT2D eigenvalue weighted by Crippen LogP contribution is -2.41. The topological polar surface area (TPSA) is 88.9 Å². The number of hydrogen-bond acceptors (Lipinski definition) is 6. The monoisotopic (exact) mass is 436 g/mol. The van der Waals surface area contributed by atoms with Gasteiger partial charge in [0.05, 0.1) is 13.2 Å². The molecule has 1 saturated carbocycles. The zero-order chi connectivity index (χ0) is 22.1. The van der Waals surface area contributed by atoms with Crippen LogP contribution in [0.3, 0.4) is 0 Å². The summed E-state index contributed by atoms with van der Waals surface area (Å²) in [6, 6.07) is 7.76. The van der Waals surface area contributed by atoms with Gasteiger partial charge in [-0.15, -0.1) is 5.10 Å². The Hall–Kier alpha value is -2.74. The molecular weight excluding hydrogens is 404 g/mol. The third kappa shape index (κ3) is 4.03. The van der Waals surface area contributed by atoms with Gasteiger partial charge in [-0.25, -0.2) is 4.68 Å². The number of methoxy groups -OCH3 is 1. The maximum Gasteiger partial charge on any atom is 0.253 e. The summed E-state index contributed by atoms with van der Waals surface area (Å²) in [5.74, 6) is 2.13. The number of tetrazole rings is 1. The van der Waals surface area contributed by atoms with Gasteiger partial charge in [0, 0.05) is 23.0 Å². The van der Waals surface area contributed by atoms with Gasteiger partial charge in [0.15, 0.2) is 5.82 Å². The fourth-order valence-corrected chi connectivity index (χ4v) is 5.46. The lowest BCUT2D eigenvalue weighted by molar-refractivity contribution is 0.138. The first kappa shape index (κ1) is 21.1. The molecule has 0 radical (unpaired) electrons. The normalized spacial score (nSPS) is 21.6. The maximum absolute atomic E-state index is 13.3. The van der Waals surface area contributed by atoms with E-state index in [0.29, 0.717) is 17.5 Å². The zero-order valence-corrected chi connectivity index (χ0v) is 19.0. The molecule has 0 unspecified atom stereocenters. The van der Waals surface area contributed by atoms with Crippen molar-refractivity contribution < 1.29 is 4.74 Å². The highest BCUT2D eigenvalue weighted by atomic mass is 16.5. The minimum Gasteiger partial charge on any atom is -0.497 e. The van der Waals surface area contributed by atoms with Crippen LogP contribution < -0.4 is 10.3 Å². The molecule has 8 nitrogen and oxygen atoms in total. The molecule has 1 aliphatic heterocycles. The van der Waals surface area contributed by atoms with Crippen molar-refractivity contribution in [2.75, 3.05) is 20.2 Å². The average molecular weight is 437 g/mol. The van der Waals surface area contributed by atoms with Crippen molar-refractivity contribution in [3.63, 3.8) is 0 Å². The number of aromatic amines is 1. The SMILES string of the molecule is COc1ccc2[nH]c(=O)c([C@@H](c3nnnn3C3CCCCC3)N3CCC[C@H](C)C3)cc2c1. The second-order valence-corrected chi connectivity index (χ2v) is 9.43. The van der Waals surface area contributed by atoms with Crippen LogP contribution in [0.1, 0.15) is 75.3 Å². The molecule has 2 fully saturated rings. The molecule has 0 amide bonds. The van der Waals surface area contributed by atoms with Crippen molar-refractivity contribution >= 4 is 10.9 Å². The van der Waals surface area contributed by atoms with E-state index in [0.717, 1.165) is 54.8 Å². The molecule has 1 aromatic carbocycles. The highest BCUT2D eigenvalue weighted by Crippen LogP contribution is 2.35. The fourth-order valence-electron chi connectivity index (χ4n) is 5.46. The molecule has 0 spiro atoms. The van der Waals surface area contributed by atoms with E-state index in [1.807, 2.05) is 28.9 Å². The van der Waals surface area contributed by atoms with E-state index >= 15 is 0 Å². The minimum atomic E-state index is -0.269. The molecule has 2 aliphatic rings. The standard InChI is InChI=1S/C24H32N6O2/c1-16-7-6-12-29(15-16)22(23-26-27-28-30(23)18-8-4-3-5-9-18)20-14-17-13-19(32-2)10-11-21(17)25-24(20)31/h10-11,13-14,16,18,22H,3-9,12,15H2,1-2H3,(H,25,31)/t16-,22-/m0/s1. The highest BCUT2D eigenvalue weighted by Gasteiger charge is 2.34. The highest BCUT2D eigenvalue weighted by molar-refractivity contribution is 5.80. The first-order valence-corrected chi connectivity index (χ1v) is 11.9. The molecule has 32 heavy (non-hydrogen) atoms. The van der Waals surface area contributed by atoms with Gasteiger partial charge in [-0.2, -0.15) is 0 Å². The van der Waals surface area contributed by atoms with Crippen molar-refractivity contribution in [1.29, 1.82) is 0 Å². The number of piperidine rings is 1. The number of nitrogens with one attached hydrogen (secondary N) is 1. The predicted molar refractivity (Wildman–Crippen MR) is 123 cm³/mol. The smallest absolute Gasteiger partial charge is 0.253 e. The largest absolute Gasteiger partial charge is 0.497 e. The summed E-state index contributed by atoms with van der Waals surface area (Å²) < 4.78 is 7.43.